The van der Waals surface area contributed by atoms with E-state index >= 15 is 0 Å². The minimum absolute atomic E-state index is 0.0305. The van der Waals surface area contributed by atoms with Crippen LogP contribution in [0.4, 0.5) is 5.69 Å². The highest BCUT2D eigenvalue weighted by Crippen LogP contribution is 2.32. The summed E-state index contributed by atoms with van der Waals surface area (Å²) in [6.07, 6.45) is 1.53. The van der Waals surface area contributed by atoms with Crippen molar-refractivity contribution >= 4 is 46.8 Å². The molecule has 0 aliphatic carbocycles. The normalized spacial score (nSPS) is 14.5. The fourth-order valence-corrected chi connectivity index (χ4v) is 3.74. The second-order valence-electron chi connectivity index (χ2n) is 7.14. The number of anilines is 1. The first-order valence-electron chi connectivity index (χ1n) is 10.2. The van der Waals surface area contributed by atoms with Gasteiger partial charge in [-0.15, -0.1) is 0 Å². The monoisotopic (exact) mass is 482 g/mol. The highest BCUT2D eigenvalue weighted by atomic mass is 35.5. The van der Waals surface area contributed by atoms with Gasteiger partial charge in [0.15, 0.2) is 11.5 Å². The Balaban J connectivity index is 1.56. The van der Waals surface area contributed by atoms with E-state index in [4.69, 9.17) is 32.7 Å². The van der Waals surface area contributed by atoms with E-state index in [0.717, 1.165) is 5.56 Å². The van der Waals surface area contributed by atoms with Gasteiger partial charge in [0.25, 0.3) is 11.8 Å². The van der Waals surface area contributed by atoms with E-state index in [2.05, 4.69) is 5.43 Å². The van der Waals surface area contributed by atoms with Crippen molar-refractivity contribution in [3.05, 3.63) is 93.5 Å². The molecule has 0 aromatic heterocycles. The summed E-state index contributed by atoms with van der Waals surface area (Å²) in [7, 11) is 0. The SMILES string of the molecule is CCOc1cc(/C=C2\C(=O)NN(c3ccccc3)C2=O)ccc1OCc1ccc(Cl)cc1Cl. The van der Waals surface area contributed by atoms with Crippen molar-refractivity contribution in [1.29, 1.82) is 0 Å². The molecule has 0 saturated carbocycles. The lowest BCUT2D eigenvalue weighted by atomic mass is 10.1. The molecule has 2 amide bonds. The third-order valence-electron chi connectivity index (χ3n) is 4.88. The molecule has 0 spiro atoms. The number of amides is 2. The van der Waals surface area contributed by atoms with Crippen LogP contribution in [-0.4, -0.2) is 18.4 Å². The number of carbonyl (C=O) groups excluding carboxylic acids is 2. The lowest BCUT2D eigenvalue weighted by Gasteiger charge is -2.14. The number of hydrogen-bond acceptors (Lipinski definition) is 4. The summed E-state index contributed by atoms with van der Waals surface area (Å²) in [4.78, 5) is 25.3. The van der Waals surface area contributed by atoms with Gasteiger partial charge in [-0.2, -0.15) is 0 Å². The van der Waals surface area contributed by atoms with Crippen LogP contribution >= 0.6 is 23.2 Å². The Bertz CT molecular complexity index is 1230. The number of rotatable bonds is 7. The van der Waals surface area contributed by atoms with Gasteiger partial charge in [-0.05, 0) is 55.0 Å². The molecule has 0 radical (unpaired) electrons. The van der Waals surface area contributed by atoms with Crippen LogP contribution in [0.25, 0.3) is 6.08 Å². The molecule has 1 fully saturated rings. The second-order valence-corrected chi connectivity index (χ2v) is 7.98. The molecule has 3 aromatic carbocycles. The standard InChI is InChI=1S/C25H20Cl2N2O4/c1-2-32-23-13-16(8-11-22(23)33-15-17-9-10-18(26)14-21(17)27)12-20-24(30)28-29(25(20)31)19-6-4-3-5-7-19/h3-14H,2,15H2,1H3,(H,28,30)/b20-12+. The summed E-state index contributed by atoms with van der Waals surface area (Å²) >= 11 is 12.2. The van der Waals surface area contributed by atoms with Crippen molar-refractivity contribution in [1.82, 2.24) is 5.43 Å². The van der Waals surface area contributed by atoms with Crippen LogP contribution in [0, 0.1) is 0 Å². The summed E-state index contributed by atoms with van der Waals surface area (Å²) in [6.45, 7) is 2.50. The van der Waals surface area contributed by atoms with Crippen molar-refractivity contribution in [3.8, 4) is 11.5 Å². The summed E-state index contributed by atoms with van der Waals surface area (Å²) in [6, 6.07) is 19.3. The summed E-state index contributed by atoms with van der Waals surface area (Å²) in [5.41, 5.74) is 4.61. The molecule has 1 saturated heterocycles. The number of hydrazine groups is 1. The number of carbonyl (C=O) groups is 2. The first kappa shape index (κ1) is 22.7. The summed E-state index contributed by atoms with van der Waals surface area (Å²) < 4.78 is 11.6. The molecule has 0 unspecified atom stereocenters. The fourth-order valence-electron chi connectivity index (χ4n) is 3.28. The fraction of sp³-hybridized carbons (Fsp3) is 0.120. The molecule has 3 aromatic rings. The van der Waals surface area contributed by atoms with Crippen LogP contribution in [-0.2, 0) is 16.2 Å². The molecule has 0 bridgehead atoms. The Hall–Kier alpha value is -3.48. The van der Waals surface area contributed by atoms with Crippen molar-refractivity contribution in [2.24, 2.45) is 0 Å². The van der Waals surface area contributed by atoms with Gasteiger partial charge < -0.3 is 9.47 Å². The first-order valence-corrected chi connectivity index (χ1v) is 11.0. The third-order valence-corrected chi connectivity index (χ3v) is 5.47. The molecule has 1 heterocycles. The van der Waals surface area contributed by atoms with Crippen LogP contribution in [0.2, 0.25) is 10.0 Å². The second kappa shape index (κ2) is 9.98. The van der Waals surface area contributed by atoms with E-state index < -0.39 is 11.8 Å². The molecule has 6 nitrogen and oxygen atoms in total. The number of para-hydroxylation sites is 1. The van der Waals surface area contributed by atoms with Crippen molar-refractivity contribution in [3.63, 3.8) is 0 Å². The maximum atomic E-state index is 12.8. The molecule has 33 heavy (non-hydrogen) atoms. The summed E-state index contributed by atoms with van der Waals surface area (Å²) in [5, 5.41) is 2.29. The summed E-state index contributed by atoms with van der Waals surface area (Å²) in [5.74, 6) is 0.0993. The number of halogens is 2. The molecular weight excluding hydrogens is 463 g/mol. The topological polar surface area (TPSA) is 67.9 Å². The maximum absolute atomic E-state index is 12.8. The molecule has 1 N–H and O–H groups in total. The highest BCUT2D eigenvalue weighted by Gasteiger charge is 2.34. The van der Waals surface area contributed by atoms with Crippen molar-refractivity contribution in [2.45, 2.75) is 13.5 Å². The minimum atomic E-state index is -0.473. The van der Waals surface area contributed by atoms with Gasteiger partial charge in [0.2, 0.25) is 0 Å². The smallest absolute Gasteiger partial charge is 0.282 e. The van der Waals surface area contributed by atoms with Crippen LogP contribution in [0.5, 0.6) is 11.5 Å². The average molecular weight is 483 g/mol. The van der Waals surface area contributed by atoms with Crippen LogP contribution in [0.3, 0.4) is 0 Å². The van der Waals surface area contributed by atoms with Crippen LogP contribution in [0.1, 0.15) is 18.1 Å². The molecule has 4 rings (SSSR count). The number of benzene rings is 3. The minimum Gasteiger partial charge on any atom is -0.490 e. The van der Waals surface area contributed by atoms with Gasteiger partial charge in [-0.1, -0.05) is 53.5 Å². The molecule has 1 aliphatic heterocycles. The zero-order valence-corrected chi connectivity index (χ0v) is 19.2. The Labute approximate surface area is 201 Å². The van der Waals surface area contributed by atoms with E-state index in [-0.39, 0.29) is 12.2 Å². The third kappa shape index (κ3) is 5.13. The Morgan fingerprint density at radius 2 is 1.73 bits per heavy atom. The Morgan fingerprint density at radius 3 is 2.45 bits per heavy atom. The highest BCUT2D eigenvalue weighted by molar-refractivity contribution is 6.35. The van der Waals surface area contributed by atoms with Gasteiger partial charge in [-0.3, -0.25) is 15.0 Å². The van der Waals surface area contributed by atoms with Gasteiger partial charge in [0, 0.05) is 15.6 Å². The molecule has 168 valence electrons. The zero-order chi connectivity index (χ0) is 23.4. The van der Waals surface area contributed by atoms with E-state index in [1.807, 2.05) is 13.0 Å². The molecule has 0 atom stereocenters. The molecule has 1 aliphatic rings. The number of nitrogens with zero attached hydrogens (tertiary/aromatic N) is 1. The number of nitrogens with one attached hydrogen (secondary N) is 1. The molecular formula is C25H20Cl2N2O4. The average Bonchev–Trinajstić information content (AvgIpc) is 3.08. The maximum Gasteiger partial charge on any atom is 0.282 e. The van der Waals surface area contributed by atoms with E-state index in [1.54, 1.807) is 60.7 Å². The lowest BCUT2D eigenvalue weighted by molar-refractivity contribution is -0.117. The van der Waals surface area contributed by atoms with Crippen molar-refractivity contribution < 1.29 is 19.1 Å². The van der Waals surface area contributed by atoms with Gasteiger partial charge in [-0.25, -0.2) is 5.01 Å². The first-order chi connectivity index (χ1) is 16.0. The largest absolute Gasteiger partial charge is 0.490 e. The lowest BCUT2D eigenvalue weighted by Crippen LogP contribution is -2.35. The van der Waals surface area contributed by atoms with Gasteiger partial charge >= 0.3 is 0 Å². The van der Waals surface area contributed by atoms with Gasteiger partial charge in [0.05, 0.1) is 12.3 Å². The number of ether oxygens (including phenoxy) is 2. The van der Waals surface area contributed by atoms with E-state index in [1.165, 1.54) is 11.1 Å². The van der Waals surface area contributed by atoms with Crippen molar-refractivity contribution in [2.75, 3.05) is 11.6 Å². The number of hydrogen-bond donors (Lipinski definition) is 1. The van der Waals surface area contributed by atoms with E-state index in [9.17, 15) is 9.59 Å². The van der Waals surface area contributed by atoms with Gasteiger partial charge in [0.1, 0.15) is 12.2 Å². The zero-order valence-electron chi connectivity index (χ0n) is 17.7. The van der Waals surface area contributed by atoms with Crippen LogP contribution in [0.15, 0.2) is 72.3 Å². The Morgan fingerprint density at radius 1 is 0.939 bits per heavy atom. The predicted octanol–water partition coefficient (Wildman–Crippen LogP) is 5.43. The van der Waals surface area contributed by atoms with Crippen LogP contribution < -0.4 is 19.9 Å². The molecule has 8 heteroatoms. The van der Waals surface area contributed by atoms with E-state index in [0.29, 0.717) is 39.4 Å². The Kier molecular flexibility index (Phi) is 6.87. The quantitative estimate of drug-likeness (QED) is 0.360. The predicted molar refractivity (Wildman–Crippen MR) is 128 cm³/mol.